The smallest absolute Gasteiger partial charge is 0.279 e. The number of benzene rings is 3. The predicted molar refractivity (Wildman–Crippen MR) is 141 cm³/mol. The van der Waals surface area contributed by atoms with E-state index >= 15 is 0 Å². The molecule has 4 rings (SSSR count). The summed E-state index contributed by atoms with van der Waals surface area (Å²) in [5.41, 5.74) is 7.00. The number of nitrogens with one attached hydrogen (secondary N) is 1. The van der Waals surface area contributed by atoms with Crippen molar-refractivity contribution in [2.45, 2.75) is 19.1 Å². The van der Waals surface area contributed by atoms with Crippen molar-refractivity contribution in [1.82, 2.24) is 14.9 Å². The lowest BCUT2D eigenvalue weighted by molar-refractivity contribution is 0.100. The number of rotatable bonds is 9. The molecule has 0 fully saturated rings. The maximum atomic E-state index is 12.8. The van der Waals surface area contributed by atoms with Crippen molar-refractivity contribution in [1.29, 1.82) is 0 Å². The number of aliphatic imine (C=N–C) groups is 1. The number of hydrogen-bond acceptors (Lipinski definition) is 5. The summed E-state index contributed by atoms with van der Waals surface area (Å²) in [6.07, 6.45) is 3.15. The number of aliphatic hydroxyl groups is 2. The third kappa shape index (κ3) is 4.91. The summed E-state index contributed by atoms with van der Waals surface area (Å²) in [5, 5.41) is 25.1. The van der Waals surface area contributed by atoms with Gasteiger partial charge in [0, 0.05) is 24.9 Å². The van der Waals surface area contributed by atoms with Crippen LogP contribution in [0.25, 0.3) is 11.0 Å². The molecule has 0 saturated carbocycles. The SMILES string of the molecule is CCN/C=C\C(N)=NC(=O)c1ccc2nc(C(O)(c3ccccc3)c3ccccc3)n(CCO)c2c1. The van der Waals surface area contributed by atoms with Crippen molar-refractivity contribution in [3.05, 3.63) is 114 Å². The molecule has 0 spiro atoms. The van der Waals surface area contributed by atoms with Crippen molar-refractivity contribution in [3.63, 3.8) is 0 Å². The number of nitrogens with zero attached hydrogens (tertiary/aromatic N) is 3. The third-order valence-corrected chi connectivity index (χ3v) is 5.83. The summed E-state index contributed by atoms with van der Waals surface area (Å²) in [6, 6.07) is 23.5. The first-order valence-corrected chi connectivity index (χ1v) is 11.7. The number of fused-ring (bicyclic) bond motifs is 1. The molecule has 1 amide bonds. The van der Waals surface area contributed by atoms with Crippen molar-refractivity contribution in [2.75, 3.05) is 13.2 Å². The Bertz CT molecular complexity index is 1360. The molecule has 0 saturated heterocycles. The van der Waals surface area contributed by atoms with Gasteiger partial charge in [-0.3, -0.25) is 4.79 Å². The number of carbonyl (C=O) groups excluding carboxylic acids is 1. The summed E-state index contributed by atoms with van der Waals surface area (Å²) < 4.78 is 1.74. The van der Waals surface area contributed by atoms with Gasteiger partial charge in [-0.25, -0.2) is 4.98 Å². The molecule has 8 heteroatoms. The number of aliphatic hydroxyl groups excluding tert-OH is 1. The van der Waals surface area contributed by atoms with Crippen LogP contribution in [0.3, 0.4) is 0 Å². The Morgan fingerprint density at radius 2 is 1.72 bits per heavy atom. The highest BCUT2D eigenvalue weighted by Gasteiger charge is 2.39. The molecule has 0 aliphatic carbocycles. The minimum absolute atomic E-state index is 0.0770. The highest BCUT2D eigenvalue weighted by molar-refractivity contribution is 6.07. The minimum atomic E-state index is -1.60. The zero-order valence-corrected chi connectivity index (χ0v) is 20.0. The van der Waals surface area contributed by atoms with Crippen LogP contribution in [0.15, 0.2) is 96.1 Å². The topological polar surface area (TPSA) is 126 Å². The van der Waals surface area contributed by atoms with E-state index in [1.165, 1.54) is 6.08 Å². The highest BCUT2D eigenvalue weighted by Crippen LogP contribution is 2.37. The molecule has 0 atom stereocenters. The van der Waals surface area contributed by atoms with E-state index < -0.39 is 11.5 Å². The first kappa shape index (κ1) is 24.8. The number of imidazole rings is 1. The Morgan fingerprint density at radius 1 is 1.08 bits per heavy atom. The van der Waals surface area contributed by atoms with E-state index in [4.69, 9.17) is 10.7 Å². The number of hydrogen-bond donors (Lipinski definition) is 4. The molecular formula is C28H29N5O3. The van der Waals surface area contributed by atoms with Crippen LogP contribution in [0.1, 0.15) is 34.2 Å². The van der Waals surface area contributed by atoms with Crippen LogP contribution in [0, 0.1) is 0 Å². The molecule has 0 radical (unpaired) electrons. The Kier molecular flexibility index (Phi) is 7.58. The highest BCUT2D eigenvalue weighted by atomic mass is 16.3. The van der Waals surface area contributed by atoms with Crippen LogP contribution in [0.2, 0.25) is 0 Å². The Labute approximate surface area is 209 Å². The molecule has 0 aliphatic rings. The van der Waals surface area contributed by atoms with Crippen LogP contribution in [0.4, 0.5) is 0 Å². The molecule has 0 aliphatic heterocycles. The molecule has 36 heavy (non-hydrogen) atoms. The van der Waals surface area contributed by atoms with Gasteiger partial charge >= 0.3 is 0 Å². The average Bonchev–Trinajstić information content (AvgIpc) is 3.27. The fourth-order valence-corrected chi connectivity index (χ4v) is 4.12. The summed E-state index contributed by atoms with van der Waals surface area (Å²) in [7, 11) is 0. The molecule has 1 heterocycles. The summed E-state index contributed by atoms with van der Waals surface area (Å²) in [4.78, 5) is 21.5. The minimum Gasteiger partial charge on any atom is -0.395 e. The summed E-state index contributed by atoms with van der Waals surface area (Å²) >= 11 is 0. The van der Waals surface area contributed by atoms with Gasteiger partial charge in [-0.15, -0.1) is 0 Å². The van der Waals surface area contributed by atoms with Gasteiger partial charge in [0.2, 0.25) is 0 Å². The van der Waals surface area contributed by atoms with Gasteiger partial charge in [0.1, 0.15) is 5.84 Å². The van der Waals surface area contributed by atoms with Gasteiger partial charge < -0.3 is 25.8 Å². The molecule has 0 unspecified atom stereocenters. The van der Waals surface area contributed by atoms with Gasteiger partial charge in [-0.05, 0) is 42.3 Å². The fourth-order valence-electron chi connectivity index (χ4n) is 4.12. The first-order valence-electron chi connectivity index (χ1n) is 11.7. The molecule has 184 valence electrons. The van der Waals surface area contributed by atoms with Crippen LogP contribution >= 0.6 is 0 Å². The second-order valence-electron chi connectivity index (χ2n) is 8.19. The third-order valence-electron chi connectivity index (χ3n) is 5.83. The van der Waals surface area contributed by atoms with Gasteiger partial charge in [0.25, 0.3) is 5.91 Å². The van der Waals surface area contributed by atoms with Crippen molar-refractivity contribution in [2.24, 2.45) is 10.7 Å². The quantitative estimate of drug-likeness (QED) is 0.214. The van der Waals surface area contributed by atoms with Gasteiger partial charge in [-0.2, -0.15) is 4.99 Å². The maximum absolute atomic E-state index is 12.8. The van der Waals surface area contributed by atoms with Crippen molar-refractivity contribution >= 4 is 22.8 Å². The lowest BCUT2D eigenvalue weighted by atomic mass is 9.85. The molecule has 5 N–H and O–H groups in total. The van der Waals surface area contributed by atoms with E-state index in [0.29, 0.717) is 33.5 Å². The number of amides is 1. The fraction of sp³-hybridized carbons (Fsp3) is 0.179. The average molecular weight is 484 g/mol. The largest absolute Gasteiger partial charge is 0.395 e. The molecule has 0 bridgehead atoms. The monoisotopic (exact) mass is 483 g/mol. The number of carbonyl (C=O) groups is 1. The summed E-state index contributed by atoms with van der Waals surface area (Å²) in [5.74, 6) is -0.0894. The second-order valence-corrected chi connectivity index (χ2v) is 8.19. The number of aromatic nitrogens is 2. The van der Waals surface area contributed by atoms with Gasteiger partial charge in [-0.1, -0.05) is 60.7 Å². The lowest BCUT2D eigenvalue weighted by Crippen LogP contribution is -2.33. The number of amidine groups is 1. The van der Waals surface area contributed by atoms with Crippen LogP contribution in [-0.2, 0) is 12.1 Å². The Morgan fingerprint density at radius 3 is 2.31 bits per heavy atom. The molecule has 3 aromatic carbocycles. The van der Waals surface area contributed by atoms with E-state index in [9.17, 15) is 15.0 Å². The summed E-state index contributed by atoms with van der Waals surface area (Å²) in [6.45, 7) is 2.65. The first-order chi connectivity index (χ1) is 17.5. The number of nitrogens with two attached hydrogens (primary N) is 1. The van der Waals surface area contributed by atoms with E-state index in [1.54, 1.807) is 29.0 Å². The molecule has 1 aromatic heterocycles. The van der Waals surface area contributed by atoms with Crippen molar-refractivity contribution < 1.29 is 15.0 Å². The van der Waals surface area contributed by atoms with Crippen LogP contribution in [-0.4, -0.2) is 44.7 Å². The zero-order chi connectivity index (χ0) is 25.5. The Balaban J connectivity index is 1.86. The van der Waals surface area contributed by atoms with Crippen LogP contribution in [0.5, 0.6) is 0 Å². The van der Waals surface area contributed by atoms with E-state index in [1.807, 2.05) is 67.6 Å². The second kappa shape index (κ2) is 11.0. The molecular weight excluding hydrogens is 454 g/mol. The van der Waals surface area contributed by atoms with Crippen LogP contribution < -0.4 is 11.1 Å². The molecule has 4 aromatic rings. The van der Waals surface area contributed by atoms with Crippen molar-refractivity contribution in [3.8, 4) is 0 Å². The zero-order valence-electron chi connectivity index (χ0n) is 20.0. The van der Waals surface area contributed by atoms with Gasteiger partial charge in [0.15, 0.2) is 11.4 Å². The molecule has 8 nitrogen and oxygen atoms in total. The predicted octanol–water partition coefficient (Wildman–Crippen LogP) is 2.93. The van der Waals surface area contributed by atoms with E-state index in [2.05, 4.69) is 10.3 Å². The Hall–Kier alpha value is -4.27. The maximum Gasteiger partial charge on any atom is 0.279 e. The van der Waals surface area contributed by atoms with E-state index in [-0.39, 0.29) is 19.0 Å². The standard InChI is InChI=1S/C28H29N5O3/c1-2-30-16-15-25(29)32-26(35)20-13-14-23-24(19-20)33(17-18-34)27(31-23)28(36,21-9-5-3-6-10-21)22-11-7-4-8-12-22/h3-16,19,30,34,36H,2,17-18H2,1H3,(H2,29,32,35)/b16-15-. The normalized spacial score (nSPS) is 12.4. The lowest BCUT2D eigenvalue weighted by Gasteiger charge is -2.29. The van der Waals surface area contributed by atoms with E-state index in [0.717, 1.165) is 6.54 Å². The van der Waals surface area contributed by atoms with Gasteiger partial charge in [0.05, 0.1) is 17.6 Å².